The molecule has 1 unspecified atom stereocenters. The van der Waals surface area contributed by atoms with E-state index in [1.54, 1.807) is 27.7 Å². The number of aliphatic carboxylic acids is 1. The van der Waals surface area contributed by atoms with Crippen LogP contribution in [0.2, 0.25) is 0 Å². The lowest BCUT2D eigenvalue weighted by molar-refractivity contribution is -0.157. The minimum absolute atomic E-state index is 0.248. The van der Waals surface area contributed by atoms with Gasteiger partial charge < -0.3 is 19.9 Å². The van der Waals surface area contributed by atoms with E-state index in [2.05, 4.69) is 10.1 Å². The number of amides is 1. The van der Waals surface area contributed by atoms with Gasteiger partial charge in [-0.05, 0) is 27.2 Å². The van der Waals surface area contributed by atoms with Crippen LogP contribution in [-0.4, -0.2) is 41.9 Å². The van der Waals surface area contributed by atoms with Crippen molar-refractivity contribution in [3.05, 3.63) is 0 Å². The highest BCUT2D eigenvalue weighted by atomic mass is 16.6. The van der Waals surface area contributed by atoms with Crippen LogP contribution in [0.25, 0.3) is 0 Å². The second kappa shape index (κ2) is 7.60. The molecular formula is C12H21NO6. The van der Waals surface area contributed by atoms with Crippen LogP contribution in [0.1, 0.15) is 34.1 Å². The molecule has 2 N–H and O–H groups in total. The Morgan fingerprint density at radius 1 is 1.26 bits per heavy atom. The van der Waals surface area contributed by atoms with E-state index >= 15 is 0 Å². The molecule has 0 aromatic carbocycles. The Bertz CT molecular complexity index is 334. The van der Waals surface area contributed by atoms with Gasteiger partial charge in [-0.15, -0.1) is 0 Å². The van der Waals surface area contributed by atoms with E-state index in [0.717, 1.165) is 0 Å². The molecule has 7 nitrogen and oxygen atoms in total. The van der Waals surface area contributed by atoms with Crippen LogP contribution in [-0.2, 0) is 19.1 Å². The van der Waals surface area contributed by atoms with Crippen LogP contribution in [0.3, 0.4) is 0 Å². The first-order valence-corrected chi connectivity index (χ1v) is 5.97. The van der Waals surface area contributed by atoms with Crippen molar-refractivity contribution in [1.29, 1.82) is 0 Å². The van der Waals surface area contributed by atoms with Gasteiger partial charge in [0.25, 0.3) is 0 Å². The van der Waals surface area contributed by atoms with Gasteiger partial charge in [0.05, 0.1) is 5.92 Å². The number of alkyl carbamates (subject to hydrolysis) is 1. The lowest BCUT2D eigenvalue weighted by Gasteiger charge is -2.20. The average molecular weight is 275 g/mol. The van der Waals surface area contributed by atoms with Crippen molar-refractivity contribution >= 4 is 18.0 Å². The predicted octanol–water partition coefficient (Wildman–Crippen LogP) is 1.17. The number of rotatable bonds is 6. The van der Waals surface area contributed by atoms with Crippen molar-refractivity contribution in [2.24, 2.45) is 5.92 Å². The zero-order chi connectivity index (χ0) is 15.1. The number of carbonyl (C=O) groups is 3. The van der Waals surface area contributed by atoms with E-state index in [0.29, 0.717) is 6.42 Å². The summed E-state index contributed by atoms with van der Waals surface area (Å²) in [5.74, 6) is -2.30. The van der Waals surface area contributed by atoms with Gasteiger partial charge in [-0.25, -0.2) is 9.59 Å². The number of carbonyl (C=O) groups excluding carboxylic acids is 2. The summed E-state index contributed by atoms with van der Waals surface area (Å²) < 4.78 is 9.54. The third kappa shape index (κ3) is 9.87. The van der Waals surface area contributed by atoms with E-state index in [1.165, 1.54) is 0 Å². The molecule has 0 aliphatic heterocycles. The Morgan fingerprint density at radius 2 is 1.84 bits per heavy atom. The Hall–Kier alpha value is -1.79. The van der Waals surface area contributed by atoms with Gasteiger partial charge in [0.1, 0.15) is 5.60 Å². The highest BCUT2D eigenvalue weighted by Gasteiger charge is 2.18. The molecule has 0 saturated carbocycles. The summed E-state index contributed by atoms with van der Waals surface area (Å²) in [6.45, 7) is 6.44. The maximum absolute atomic E-state index is 11.3. The largest absolute Gasteiger partial charge is 0.479 e. The highest BCUT2D eigenvalue weighted by molar-refractivity contribution is 5.76. The Morgan fingerprint density at radius 3 is 2.32 bits per heavy atom. The second-order valence-electron chi connectivity index (χ2n) is 5.12. The molecule has 0 aromatic heterocycles. The Kier molecular flexibility index (Phi) is 6.89. The summed E-state index contributed by atoms with van der Waals surface area (Å²) in [5, 5.41) is 10.9. The van der Waals surface area contributed by atoms with Gasteiger partial charge in [-0.1, -0.05) is 6.92 Å². The second-order valence-corrected chi connectivity index (χ2v) is 5.12. The minimum atomic E-state index is -1.20. The zero-order valence-electron chi connectivity index (χ0n) is 11.7. The molecule has 0 aromatic rings. The number of carboxylic acid groups (broad SMARTS) is 1. The van der Waals surface area contributed by atoms with Crippen LogP contribution in [0.5, 0.6) is 0 Å². The maximum Gasteiger partial charge on any atom is 0.407 e. The zero-order valence-corrected chi connectivity index (χ0v) is 11.7. The summed E-state index contributed by atoms with van der Waals surface area (Å²) in [6.07, 6.45) is -0.212. The molecule has 0 rings (SSSR count). The number of hydrogen-bond donors (Lipinski definition) is 2. The molecule has 110 valence electrons. The molecule has 1 atom stereocenters. The number of nitrogens with one attached hydrogen (secondary N) is 1. The number of hydrogen-bond acceptors (Lipinski definition) is 5. The first-order valence-electron chi connectivity index (χ1n) is 5.97. The third-order valence-electron chi connectivity index (χ3n) is 1.99. The Balaban J connectivity index is 3.85. The molecule has 0 aliphatic carbocycles. The summed E-state index contributed by atoms with van der Waals surface area (Å²) in [6, 6.07) is 0. The fraction of sp³-hybridized carbons (Fsp3) is 0.750. The number of esters is 1. The van der Waals surface area contributed by atoms with Crippen molar-refractivity contribution in [2.45, 2.75) is 39.7 Å². The van der Waals surface area contributed by atoms with Gasteiger partial charge in [0.2, 0.25) is 0 Å². The van der Waals surface area contributed by atoms with Crippen LogP contribution >= 0.6 is 0 Å². The number of carboxylic acids is 1. The maximum atomic E-state index is 11.3. The molecule has 0 bridgehead atoms. The topological polar surface area (TPSA) is 102 Å². The fourth-order valence-corrected chi connectivity index (χ4v) is 1.10. The smallest absolute Gasteiger partial charge is 0.407 e. The first kappa shape index (κ1) is 17.2. The lowest BCUT2D eigenvalue weighted by Crippen LogP contribution is -2.34. The SMILES string of the molecule is CC(CCNC(=O)OC(C)(C)C)C(=O)OCC(=O)O. The van der Waals surface area contributed by atoms with E-state index in [1.807, 2.05) is 0 Å². The predicted molar refractivity (Wildman–Crippen MR) is 66.6 cm³/mol. The molecule has 1 amide bonds. The van der Waals surface area contributed by atoms with Crippen molar-refractivity contribution in [3.63, 3.8) is 0 Å². The molecule has 0 spiro atoms. The highest BCUT2D eigenvalue weighted by Crippen LogP contribution is 2.07. The van der Waals surface area contributed by atoms with E-state index in [9.17, 15) is 14.4 Å². The summed E-state index contributed by atoms with van der Waals surface area (Å²) in [4.78, 5) is 32.8. The molecule has 0 fully saturated rings. The summed E-state index contributed by atoms with van der Waals surface area (Å²) in [7, 11) is 0. The number of ether oxygens (including phenoxy) is 2. The normalized spacial score (nSPS) is 12.4. The van der Waals surface area contributed by atoms with Crippen LogP contribution < -0.4 is 5.32 Å². The first-order chi connectivity index (χ1) is 8.61. The fourth-order valence-electron chi connectivity index (χ4n) is 1.10. The molecule has 7 heteroatoms. The molecule has 0 heterocycles. The standard InChI is InChI=1S/C12H21NO6/c1-8(10(16)18-7-9(14)15)5-6-13-11(17)19-12(2,3)4/h8H,5-7H2,1-4H3,(H,13,17)(H,14,15). The summed E-state index contributed by atoms with van der Waals surface area (Å²) >= 11 is 0. The lowest BCUT2D eigenvalue weighted by atomic mass is 10.1. The van der Waals surface area contributed by atoms with Gasteiger partial charge >= 0.3 is 18.0 Å². The van der Waals surface area contributed by atoms with E-state index in [4.69, 9.17) is 9.84 Å². The minimum Gasteiger partial charge on any atom is -0.479 e. The van der Waals surface area contributed by atoms with E-state index < -0.39 is 36.2 Å². The van der Waals surface area contributed by atoms with Crippen molar-refractivity contribution in [3.8, 4) is 0 Å². The van der Waals surface area contributed by atoms with Crippen LogP contribution in [0, 0.1) is 5.92 Å². The Labute approximate surface area is 112 Å². The summed E-state index contributed by atoms with van der Waals surface area (Å²) in [5.41, 5.74) is -0.573. The molecule has 0 radical (unpaired) electrons. The quantitative estimate of drug-likeness (QED) is 0.705. The van der Waals surface area contributed by atoms with Gasteiger partial charge in [0.15, 0.2) is 6.61 Å². The van der Waals surface area contributed by atoms with Crippen molar-refractivity contribution in [1.82, 2.24) is 5.32 Å². The average Bonchev–Trinajstić information content (AvgIpc) is 2.22. The molecule has 19 heavy (non-hydrogen) atoms. The molecule has 0 aliphatic rings. The van der Waals surface area contributed by atoms with Crippen LogP contribution in [0.4, 0.5) is 4.79 Å². The van der Waals surface area contributed by atoms with E-state index in [-0.39, 0.29) is 6.54 Å². The molecular weight excluding hydrogens is 254 g/mol. The van der Waals surface area contributed by atoms with Gasteiger partial charge in [0, 0.05) is 6.54 Å². The van der Waals surface area contributed by atoms with Crippen molar-refractivity contribution in [2.75, 3.05) is 13.2 Å². The molecule has 0 saturated heterocycles. The third-order valence-corrected chi connectivity index (χ3v) is 1.99. The van der Waals surface area contributed by atoms with Gasteiger partial charge in [-0.2, -0.15) is 0 Å². The van der Waals surface area contributed by atoms with Crippen molar-refractivity contribution < 1.29 is 29.0 Å². The monoisotopic (exact) mass is 275 g/mol. The van der Waals surface area contributed by atoms with Crippen LogP contribution in [0.15, 0.2) is 0 Å². The van der Waals surface area contributed by atoms with Gasteiger partial charge in [-0.3, -0.25) is 4.79 Å².